The molecule has 27 heavy (non-hydrogen) atoms. The van der Waals surface area contributed by atoms with Crippen molar-refractivity contribution in [3.63, 3.8) is 0 Å². The highest BCUT2D eigenvalue weighted by atomic mass is 16.3. The van der Waals surface area contributed by atoms with E-state index < -0.39 is 0 Å². The molecule has 1 aliphatic rings. The third-order valence-corrected chi connectivity index (χ3v) is 4.92. The molecule has 0 atom stereocenters. The zero-order valence-electron chi connectivity index (χ0n) is 14.5. The molecule has 0 saturated carbocycles. The Morgan fingerprint density at radius 3 is 2.48 bits per heavy atom. The van der Waals surface area contributed by atoms with Gasteiger partial charge in [0.2, 0.25) is 0 Å². The van der Waals surface area contributed by atoms with Crippen LogP contribution < -0.4 is 11.1 Å². The Bertz CT molecular complexity index is 1260. The molecule has 0 aliphatic heterocycles. The minimum absolute atomic E-state index is 0.100. The number of anilines is 1. The molecular formula is C23H17N3O. The second-order valence-electron chi connectivity index (χ2n) is 6.58. The number of fused-ring (bicyclic) bond motifs is 1. The Labute approximate surface area is 156 Å². The van der Waals surface area contributed by atoms with Crippen molar-refractivity contribution in [1.82, 2.24) is 0 Å². The Morgan fingerprint density at radius 1 is 0.815 bits per heavy atom. The third-order valence-electron chi connectivity index (χ3n) is 4.92. The van der Waals surface area contributed by atoms with E-state index in [2.05, 4.69) is 40.7 Å². The van der Waals surface area contributed by atoms with E-state index in [1.807, 2.05) is 42.5 Å². The Kier molecular flexibility index (Phi) is 3.37. The molecule has 0 fully saturated rings. The first-order valence-corrected chi connectivity index (χ1v) is 8.76. The van der Waals surface area contributed by atoms with E-state index >= 15 is 0 Å². The maximum Gasteiger partial charge on any atom is 0.198 e. The van der Waals surface area contributed by atoms with Crippen molar-refractivity contribution in [3.8, 4) is 5.75 Å². The highest BCUT2D eigenvalue weighted by Gasteiger charge is 2.12. The lowest BCUT2D eigenvalue weighted by molar-refractivity contribution is 0.477. The van der Waals surface area contributed by atoms with Gasteiger partial charge < -0.3 is 16.2 Å². The molecule has 0 heterocycles. The lowest BCUT2D eigenvalue weighted by Crippen LogP contribution is -2.22. The van der Waals surface area contributed by atoms with Crippen molar-refractivity contribution >= 4 is 51.0 Å². The van der Waals surface area contributed by atoms with Gasteiger partial charge in [-0.1, -0.05) is 66.7 Å². The smallest absolute Gasteiger partial charge is 0.198 e. The number of guanidine groups is 1. The molecule has 4 aromatic carbocycles. The van der Waals surface area contributed by atoms with Gasteiger partial charge in [0, 0.05) is 16.5 Å². The normalized spacial score (nSPS) is 12.8. The van der Waals surface area contributed by atoms with Gasteiger partial charge >= 0.3 is 0 Å². The van der Waals surface area contributed by atoms with Crippen molar-refractivity contribution in [2.24, 2.45) is 10.7 Å². The summed E-state index contributed by atoms with van der Waals surface area (Å²) in [6.45, 7) is 0. The van der Waals surface area contributed by atoms with Crippen LogP contribution in [0, 0.1) is 0 Å². The lowest BCUT2D eigenvalue weighted by Gasteiger charge is -2.12. The number of nitrogens with one attached hydrogen (secondary N) is 1. The van der Waals surface area contributed by atoms with Crippen LogP contribution in [0.1, 0.15) is 11.1 Å². The van der Waals surface area contributed by atoms with E-state index in [0.29, 0.717) is 5.69 Å². The number of phenolic OH excluding ortho intramolecular Hbond substituents is 1. The Hall–Kier alpha value is -3.79. The summed E-state index contributed by atoms with van der Waals surface area (Å²) in [7, 11) is 0. The van der Waals surface area contributed by atoms with Gasteiger partial charge in [-0.25, -0.2) is 4.99 Å². The Morgan fingerprint density at radius 2 is 1.59 bits per heavy atom. The second-order valence-corrected chi connectivity index (χ2v) is 6.58. The van der Waals surface area contributed by atoms with Crippen LogP contribution in [0.2, 0.25) is 0 Å². The molecule has 4 heteroatoms. The topological polar surface area (TPSA) is 70.6 Å². The molecule has 130 valence electrons. The molecule has 5 rings (SSSR count). The summed E-state index contributed by atoms with van der Waals surface area (Å²) < 4.78 is 0. The van der Waals surface area contributed by atoms with Crippen molar-refractivity contribution in [2.45, 2.75) is 0 Å². The highest BCUT2D eigenvalue weighted by molar-refractivity contribution is 6.12. The van der Waals surface area contributed by atoms with Crippen LogP contribution >= 0.6 is 0 Å². The van der Waals surface area contributed by atoms with Crippen molar-refractivity contribution in [2.75, 3.05) is 5.32 Å². The van der Waals surface area contributed by atoms with E-state index in [1.54, 1.807) is 6.07 Å². The van der Waals surface area contributed by atoms with Gasteiger partial charge in [-0.05, 0) is 34.0 Å². The van der Waals surface area contributed by atoms with Gasteiger partial charge in [-0.3, -0.25) is 0 Å². The molecule has 0 spiro atoms. The molecular weight excluding hydrogens is 334 g/mol. The maximum atomic E-state index is 10.3. The van der Waals surface area contributed by atoms with Crippen molar-refractivity contribution in [1.29, 1.82) is 0 Å². The summed E-state index contributed by atoms with van der Waals surface area (Å²) in [6.07, 6.45) is 4.24. The number of hydrogen-bond acceptors (Lipinski definition) is 2. The zero-order valence-corrected chi connectivity index (χ0v) is 14.5. The molecule has 0 bridgehead atoms. The second kappa shape index (κ2) is 5.88. The van der Waals surface area contributed by atoms with E-state index in [-0.39, 0.29) is 11.7 Å². The first kappa shape index (κ1) is 15.5. The fraction of sp³-hybridized carbons (Fsp3) is 0. The van der Waals surface area contributed by atoms with Crippen LogP contribution in [0.15, 0.2) is 71.7 Å². The monoisotopic (exact) mass is 351 g/mol. The fourth-order valence-electron chi connectivity index (χ4n) is 3.68. The number of aromatic hydroxyl groups is 1. The largest absolute Gasteiger partial charge is 0.506 e. The first-order chi connectivity index (χ1) is 13.2. The molecule has 0 radical (unpaired) electrons. The number of aliphatic imine (C=N–C) groups is 1. The Balaban J connectivity index is 1.59. The summed E-state index contributed by atoms with van der Waals surface area (Å²) in [6, 6.07) is 21.6. The quantitative estimate of drug-likeness (QED) is 0.301. The molecule has 1 aliphatic carbocycles. The molecule has 4 aromatic rings. The van der Waals surface area contributed by atoms with E-state index in [1.165, 1.54) is 16.5 Å². The van der Waals surface area contributed by atoms with Gasteiger partial charge in [0.05, 0.1) is 0 Å². The van der Waals surface area contributed by atoms with Gasteiger partial charge in [-0.15, -0.1) is 0 Å². The number of hydrogen-bond donors (Lipinski definition) is 3. The molecule has 0 aromatic heterocycles. The predicted octanol–water partition coefficient (Wildman–Crippen LogP) is 5.24. The maximum absolute atomic E-state index is 10.3. The molecule has 4 nitrogen and oxygen atoms in total. The van der Waals surface area contributed by atoms with Gasteiger partial charge in [-0.2, -0.15) is 0 Å². The predicted molar refractivity (Wildman–Crippen MR) is 113 cm³/mol. The van der Waals surface area contributed by atoms with Crippen LogP contribution in [0.25, 0.3) is 33.7 Å². The van der Waals surface area contributed by atoms with Crippen molar-refractivity contribution < 1.29 is 5.11 Å². The van der Waals surface area contributed by atoms with E-state index in [0.717, 1.165) is 21.8 Å². The molecule has 0 unspecified atom stereocenters. The summed E-state index contributed by atoms with van der Waals surface area (Å²) in [4.78, 5) is 4.47. The first-order valence-electron chi connectivity index (χ1n) is 8.76. The number of rotatable bonds is 2. The van der Waals surface area contributed by atoms with Gasteiger partial charge in [0.1, 0.15) is 11.4 Å². The molecule has 0 amide bonds. The number of nitrogens with zero attached hydrogens (tertiary/aromatic N) is 1. The van der Waals surface area contributed by atoms with Crippen LogP contribution in [0.5, 0.6) is 5.75 Å². The molecule has 0 saturated heterocycles. The highest BCUT2D eigenvalue weighted by Crippen LogP contribution is 2.37. The minimum atomic E-state index is 0.100. The van der Waals surface area contributed by atoms with Crippen LogP contribution in [0.3, 0.4) is 0 Å². The fourth-order valence-corrected chi connectivity index (χ4v) is 3.68. The van der Waals surface area contributed by atoms with Crippen LogP contribution in [-0.4, -0.2) is 11.1 Å². The zero-order chi connectivity index (χ0) is 18.4. The average Bonchev–Trinajstić information content (AvgIpc) is 3.11. The summed E-state index contributed by atoms with van der Waals surface area (Å²) in [5.74, 6) is 0.330. The van der Waals surface area contributed by atoms with E-state index in [9.17, 15) is 5.11 Å². The van der Waals surface area contributed by atoms with E-state index in [4.69, 9.17) is 5.73 Å². The molecule has 4 N–H and O–H groups in total. The number of nitrogens with two attached hydrogens (primary N) is 1. The number of benzene rings is 4. The number of phenols is 1. The summed E-state index contributed by atoms with van der Waals surface area (Å²) >= 11 is 0. The van der Waals surface area contributed by atoms with Gasteiger partial charge in [0.15, 0.2) is 5.96 Å². The minimum Gasteiger partial charge on any atom is -0.506 e. The summed E-state index contributed by atoms with van der Waals surface area (Å²) in [5, 5.41) is 17.6. The lowest BCUT2D eigenvalue weighted by atomic mass is 10.0. The van der Waals surface area contributed by atoms with Gasteiger partial charge in [0.25, 0.3) is 0 Å². The van der Waals surface area contributed by atoms with Crippen LogP contribution in [-0.2, 0) is 0 Å². The standard InChI is InChI=1S/C23H17N3O/c24-23(26-22-17-6-2-1-4-14(17)11-13-20(22)27)25-19-12-10-16-9-8-15-5-3-7-18(19)21(15)16/h1-13,27H,(H3,24,25,26). The third kappa shape index (κ3) is 2.50. The SMILES string of the molecule is NC(=Nc1c(O)ccc2ccccc12)Nc1ccc2c3c(cccc13)C=C2. The summed E-state index contributed by atoms with van der Waals surface area (Å²) in [5.41, 5.74) is 9.95. The van der Waals surface area contributed by atoms with Crippen molar-refractivity contribution in [3.05, 3.63) is 77.9 Å². The van der Waals surface area contributed by atoms with Crippen LogP contribution in [0.4, 0.5) is 11.4 Å². The average molecular weight is 351 g/mol.